The van der Waals surface area contributed by atoms with Crippen molar-refractivity contribution >= 4 is 18.3 Å². The van der Waals surface area contributed by atoms with Crippen LogP contribution in [0.4, 0.5) is 0 Å². The van der Waals surface area contributed by atoms with E-state index in [1.165, 1.54) is 6.42 Å². The van der Waals surface area contributed by atoms with Crippen molar-refractivity contribution in [2.45, 2.75) is 38.6 Å². The number of hydrogen-bond donors (Lipinski definition) is 1. The molecule has 2 saturated heterocycles. The predicted octanol–water partition coefficient (Wildman–Crippen LogP) is 1.89. The zero-order valence-electron chi connectivity index (χ0n) is 13.5. The molecule has 1 amide bonds. The van der Waals surface area contributed by atoms with E-state index in [4.69, 9.17) is 0 Å². The molecule has 0 radical (unpaired) electrons. The van der Waals surface area contributed by atoms with E-state index >= 15 is 0 Å². The summed E-state index contributed by atoms with van der Waals surface area (Å²) in [6.45, 7) is 8.03. The number of nitrogens with one attached hydrogen (secondary N) is 1. The zero-order chi connectivity index (χ0) is 14.9. The van der Waals surface area contributed by atoms with E-state index in [9.17, 15) is 4.79 Å². The summed E-state index contributed by atoms with van der Waals surface area (Å²) in [7, 11) is 0. The summed E-state index contributed by atoms with van der Waals surface area (Å²) in [5, 5.41) is 7.77. The Kier molecular flexibility index (Phi) is 5.50. The van der Waals surface area contributed by atoms with Gasteiger partial charge in [-0.15, -0.1) is 12.4 Å². The quantitative estimate of drug-likeness (QED) is 0.903. The minimum absolute atomic E-state index is 0. The van der Waals surface area contributed by atoms with E-state index in [0.29, 0.717) is 11.8 Å². The lowest BCUT2D eigenvalue weighted by Crippen LogP contribution is -2.58. The predicted molar refractivity (Wildman–Crippen MR) is 89.1 cm³/mol. The highest BCUT2D eigenvalue weighted by atomic mass is 35.5. The highest BCUT2D eigenvalue weighted by Gasteiger charge is 2.45. The van der Waals surface area contributed by atoms with Crippen LogP contribution in [0.25, 0.3) is 0 Å². The average Bonchev–Trinajstić information content (AvgIpc) is 3.01. The van der Waals surface area contributed by atoms with Crippen molar-refractivity contribution in [1.29, 1.82) is 0 Å². The van der Waals surface area contributed by atoms with Gasteiger partial charge in [0.2, 0.25) is 0 Å². The summed E-state index contributed by atoms with van der Waals surface area (Å²) < 4.78 is 1.90. The van der Waals surface area contributed by atoms with Crippen LogP contribution < -0.4 is 5.32 Å². The summed E-state index contributed by atoms with van der Waals surface area (Å²) in [5.41, 5.74) is -0.481. The molecule has 6 heteroatoms. The number of rotatable bonds is 2. The molecule has 0 spiro atoms. The molecule has 2 aliphatic heterocycles. The van der Waals surface area contributed by atoms with Crippen molar-refractivity contribution in [2.24, 2.45) is 11.8 Å². The van der Waals surface area contributed by atoms with E-state index in [-0.39, 0.29) is 18.3 Å². The Hall–Kier alpha value is -1.07. The second-order valence-electron chi connectivity index (χ2n) is 6.89. The normalized spacial score (nSPS) is 28.0. The van der Waals surface area contributed by atoms with Crippen molar-refractivity contribution < 1.29 is 4.79 Å². The van der Waals surface area contributed by atoms with Gasteiger partial charge < -0.3 is 10.2 Å². The van der Waals surface area contributed by atoms with Gasteiger partial charge in [-0.25, -0.2) is 0 Å². The van der Waals surface area contributed by atoms with Crippen LogP contribution in [-0.4, -0.2) is 46.8 Å². The summed E-state index contributed by atoms with van der Waals surface area (Å²) in [4.78, 5) is 15.4. The molecule has 2 fully saturated rings. The van der Waals surface area contributed by atoms with E-state index in [1.807, 2.05) is 16.9 Å². The van der Waals surface area contributed by atoms with Crippen LogP contribution in [0.1, 0.15) is 33.1 Å². The van der Waals surface area contributed by atoms with E-state index in [0.717, 1.165) is 39.0 Å². The standard InChI is InChI=1S/C16H26N4O.ClH/c1-13-10-14(2)12-19(11-13)15(21)16(4-7-17-8-5-16)20-9-3-6-18-20;/h3,6,9,13-14,17H,4-5,7-8,10-12H2,1-2H3;1H. The molecule has 124 valence electrons. The largest absolute Gasteiger partial charge is 0.340 e. The van der Waals surface area contributed by atoms with Gasteiger partial charge in [-0.2, -0.15) is 5.10 Å². The number of likely N-dealkylation sites (tertiary alicyclic amines) is 1. The van der Waals surface area contributed by atoms with Gasteiger partial charge in [0.1, 0.15) is 5.54 Å². The van der Waals surface area contributed by atoms with Gasteiger partial charge >= 0.3 is 0 Å². The van der Waals surface area contributed by atoms with Gasteiger partial charge in [-0.3, -0.25) is 9.48 Å². The highest BCUT2D eigenvalue weighted by molar-refractivity contribution is 5.85. The van der Waals surface area contributed by atoms with E-state index in [2.05, 4.69) is 29.2 Å². The summed E-state index contributed by atoms with van der Waals surface area (Å²) in [6, 6.07) is 1.92. The van der Waals surface area contributed by atoms with Gasteiger partial charge in [-0.1, -0.05) is 13.8 Å². The first-order chi connectivity index (χ1) is 10.1. The van der Waals surface area contributed by atoms with Crippen LogP contribution in [0.2, 0.25) is 0 Å². The molecule has 3 rings (SSSR count). The fourth-order valence-electron chi connectivity index (χ4n) is 4.03. The number of carbonyl (C=O) groups is 1. The molecule has 3 heterocycles. The first-order valence-electron chi connectivity index (χ1n) is 8.12. The van der Waals surface area contributed by atoms with Gasteiger partial charge in [-0.05, 0) is 50.3 Å². The number of halogens is 1. The Balaban J connectivity index is 0.00000176. The van der Waals surface area contributed by atoms with Crippen molar-refractivity contribution in [1.82, 2.24) is 20.0 Å². The van der Waals surface area contributed by atoms with Crippen molar-refractivity contribution in [3.05, 3.63) is 18.5 Å². The Morgan fingerprint density at radius 2 is 1.86 bits per heavy atom. The first kappa shape index (κ1) is 17.3. The van der Waals surface area contributed by atoms with Crippen LogP contribution >= 0.6 is 12.4 Å². The molecule has 1 aromatic rings. The molecule has 0 aliphatic carbocycles. The average molecular weight is 327 g/mol. The number of nitrogens with zero attached hydrogens (tertiary/aromatic N) is 3. The fourth-order valence-corrected chi connectivity index (χ4v) is 4.03. The first-order valence-corrected chi connectivity index (χ1v) is 8.12. The zero-order valence-corrected chi connectivity index (χ0v) is 14.3. The molecule has 0 saturated carbocycles. The third kappa shape index (κ3) is 3.15. The van der Waals surface area contributed by atoms with Crippen LogP contribution in [-0.2, 0) is 10.3 Å². The maximum absolute atomic E-state index is 13.3. The smallest absolute Gasteiger partial charge is 0.250 e. The lowest BCUT2D eigenvalue weighted by atomic mass is 9.84. The lowest BCUT2D eigenvalue weighted by molar-refractivity contribution is -0.146. The Morgan fingerprint density at radius 1 is 1.23 bits per heavy atom. The molecular formula is C16H27ClN4O. The van der Waals surface area contributed by atoms with Gasteiger partial charge in [0, 0.05) is 25.5 Å². The van der Waals surface area contributed by atoms with Crippen LogP contribution in [0.3, 0.4) is 0 Å². The Labute approximate surface area is 138 Å². The minimum atomic E-state index is -0.481. The Bertz CT molecular complexity index is 474. The molecule has 22 heavy (non-hydrogen) atoms. The van der Waals surface area contributed by atoms with Crippen LogP contribution in [0, 0.1) is 11.8 Å². The lowest BCUT2D eigenvalue weighted by Gasteiger charge is -2.43. The summed E-state index contributed by atoms with van der Waals surface area (Å²) in [6.07, 6.45) is 6.60. The number of aromatic nitrogens is 2. The Morgan fingerprint density at radius 3 is 2.41 bits per heavy atom. The molecule has 2 atom stereocenters. The maximum atomic E-state index is 13.3. The molecule has 5 nitrogen and oxygen atoms in total. The van der Waals surface area contributed by atoms with Gasteiger partial charge in [0.15, 0.2) is 0 Å². The molecule has 1 aromatic heterocycles. The molecular weight excluding hydrogens is 300 g/mol. The van der Waals surface area contributed by atoms with E-state index in [1.54, 1.807) is 6.20 Å². The third-order valence-electron chi connectivity index (χ3n) is 4.93. The third-order valence-corrected chi connectivity index (χ3v) is 4.93. The second kappa shape index (κ2) is 7.01. The minimum Gasteiger partial charge on any atom is -0.340 e. The fraction of sp³-hybridized carbons (Fsp3) is 0.750. The summed E-state index contributed by atoms with van der Waals surface area (Å²) in [5.74, 6) is 1.45. The molecule has 0 aromatic carbocycles. The number of amides is 1. The van der Waals surface area contributed by atoms with Crippen molar-refractivity contribution in [3.63, 3.8) is 0 Å². The highest BCUT2D eigenvalue weighted by Crippen LogP contribution is 2.32. The molecule has 1 N–H and O–H groups in total. The molecule has 2 unspecified atom stereocenters. The maximum Gasteiger partial charge on any atom is 0.250 e. The molecule has 0 bridgehead atoms. The van der Waals surface area contributed by atoms with Crippen LogP contribution in [0.15, 0.2) is 18.5 Å². The molecule has 2 aliphatic rings. The SMILES string of the molecule is CC1CC(C)CN(C(=O)C2(n3cccn3)CCNCC2)C1.Cl. The van der Waals surface area contributed by atoms with Gasteiger partial charge in [0.25, 0.3) is 5.91 Å². The van der Waals surface area contributed by atoms with E-state index < -0.39 is 5.54 Å². The second-order valence-corrected chi connectivity index (χ2v) is 6.89. The number of hydrogen-bond acceptors (Lipinski definition) is 3. The summed E-state index contributed by atoms with van der Waals surface area (Å²) >= 11 is 0. The van der Waals surface area contributed by atoms with Crippen molar-refractivity contribution in [2.75, 3.05) is 26.2 Å². The van der Waals surface area contributed by atoms with Gasteiger partial charge in [0.05, 0.1) is 0 Å². The topological polar surface area (TPSA) is 50.2 Å². The number of piperidine rings is 2. The van der Waals surface area contributed by atoms with Crippen molar-refractivity contribution in [3.8, 4) is 0 Å². The number of carbonyl (C=O) groups excluding carboxylic acids is 1. The monoisotopic (exact) mass is 326 g/mol. The van der Waals surface area contributed by atoms with Crippen LogP contribution in [0.5, 0.6) is 0 Å².